The average molecular weight is 367 g/mol. The number of likely N-dealkylation sites (N-methyl/N-ethyl adjacent to an activating group) is 1. The van der Waals surface area contributed by atoms with E-state index in [1.807, 2.05) is 12.1 Å². The second kappa shape index (κ2) is 8.70. The molecule has 0 unspecified atom stereocenters. The number of nitrogens with one attached hydrogen (secondary N) is 1. The van der Waals surface area contributed by atoms with E-state index >= 15 is 0 Å². The largest absolute Gasteiger partial charge is 0.336 e. The maximum Gasteiger partial charge on any atom is 0.243 e. The minimum atomic E-state index is -0.375. The number of rotatable bonds is 6. The topological polar surface area (TPSA) is 49.4 Å². The van der Waals surface area contributed by atoms with E-state index in [9.17, 15) is 14.0 Å². The minimum absolute atomic E-state index is 0.0720. The van der Waals surface area contributed by atoms with Crippen molar-refractivity contribution in [1.29, 1.82) is 0 Å². The molecular weight excluding hydrogens is 351 g/mol. The van der Waals surface area contributed by atoms with Crippen molar-refractivity contribution in [2.45, 2.75) is 4.90 Å². The van der Waals surface area contributed by atoms with Crippen molar-refractivity contribution >= 4 is 40.9 Å². The van der Waals surface area contributed by atoms with E-state index in [1.54, 1.807) is 19.2 Å². The summed E-state index contributed by atoms with van der Waals surface area (Å²) < 4.78 is 12.8. The molecule has 0 aliphatic heterocycles. The molecule has 126 valence electrons. The summed E-state index contributed by atoms with van der Waals surface area (Å²) >= 11 is 7.18. The summed E-state index contributed by atoms with van der Waals surface area (Å²) in [5.74, 6) is -0.653. The predicted octanol–water partition coefficient (Wildman–Crippen LogP) is 3.67. The van der Waals surface area contributed by atoms with Gasteiger partial charge in [0.25, 0.3) is 0 Å². The molecule has 0 saturated heterocycles. The van der Waals surface area contributed by atoms with Crippen molar-refractivity contribution in [1.82, 2.24) is 4.90 Å². The van der Waals surface area contributed by atoms with Gasteiger partial charge in [-0.25, -0.2) is 4.39 Å². The highest BCUT2D eigenvalue weighted by atomic mass is 35.5. The van der Waals surface area contributed by atoms with E-state index in [0.29, 0.717) is 10.7 Å². The summed E-state index contributed by atoms with van der Waals surface area (Å²) in [4.78, 5) is 26.2. The van der Waals surface area contributed by atoms with Crippen LogP contribution in [0.15, 0.2) is 53.4 Å². The standard InChI is InChI=1S/C17H16ClFN2O2S/c1-21(10-16(22)20-14-6-4-13(19)5-7-14)17(23)11-24-15-8-2-12(18)3-9-15/h2-9H,10-11H2,1H3,(H,20,22). The minimum Gasteiger partial charge on any atom is -0.336 e. The lowest BCUT2D eigenvalue weighted by molar-refractivity contribution is -0.131. The quantitative estimate of drug-likeness (QED) is 0.793. The van der Waals surface area contributed by atoms with Crippen LogP contribution < -0.4 is 5.32 Å². The highest BCUT2D eigenvalue weighted by Crippen LogP contribution is 2.20. The van der Waals surface area contributed by atoms with E-state index in [-0.39, 0.29) is 29.9 Å². The van der Waals surface area contributed by atoms with Gasteiger partial charge in [0, 0.05) is 22.7 Å². The molecule has 0 aromatic heterocycles. The third kappa shape index (κ3) is 5.86. The van der Waals surface area contributed by atoms with Gasteiger partial charge >= 0.3 is 0 Å². The molecule has 2 rings (SSSR count). The van der Waals surface area contributed by atoms with Crippen LogP contribution in [0.5, 0.6) is 0 Å². The Kier molecular flexibility index (Phi) is 6.63. The number of anilines is 1. The zero-order chi connectivity index (χ0) is 17.5. The number of carbonyl (C=O) groups excluding carboxylic acids is 2. The van der Waals surface area contributed by atoms with Crippen LogP contribution >= 0.6 is 23.4 Å². The molecule has 0 aliphatic rings. The molecule has 2 amide bonds. The van der Waals surface area contributed by atoms with Gasteiger partial charge in [0.05, 0.1) is 12.3 Å². The highest BCUT2D eigenvalue weighted by molar-refractivity contribution is 8.00. The SMILES string of the molecule is CN(CC(=O)Nc1ccc(F)cc1)C(=O)CSc1ccc(Cl)cc1. The van der Waals surface area contributed by atoms with Crippen LogP contribution in [0.2, 0.25) is 5.02 Å². The Balaban J connectivity index is 1.78. The molecule has 4 nitrogen and oxygen atoms in total. The van der Waals surface area contributed by atoms with Gasteiger partial charge in [0.2, 0.25) is 11.8 Å². The number of benzene rings is 2. The lowest BCUT2D eigenvalue weighted by Gasteiger charge is -2.16. The van der Waals surface area contributed by atoms with Crippen LogP contribution in [0.4, 0.5) is 10.1 Å². The van der Waals surface area contributed by atoms with Crippen LogP contribution in [-0.4, -0.2) is 36.1 Å². The first-order valence-electron chi connectivity index (χ1n) is 7.12. The number of thioether (sulfide) groups is 1. The van der Waals surface area contributed by atoms with E-state index < -0.39 is 0 Å². The Bertz CT molecular complexity index is 708. The zero-order valence-electron chi connectivity index (χ0n) is 13.0. The monoisotopic (exact) mass is 366 g/mol. The van der Waals surface area contributed by atoms with Crippen molar-refractivity contribution in [2.75, 3.05) is 24.7 Å². The molecule has 0 aliphatic carbocycles. The molecule has 0 heterocycles. The van der Waals surface area contributed by atoms with Gasteiger partial charge in [-0.1, -0.05) is 11.6 Å². The fourth-order valence-electron chi connectivity index (χ4n) is 1.82. The average Bonchev–Trinajstić information content (AvgIpc) is 2.56. The molecule has 24 heavy (non-hydrogen) atoms. The molecule has 2 aromatic carbocycles. The highest BCUT2D eigenvalue weighted by Gasteiger charge is 2.13. The van der Waals surface area contributed by atoms with Crippen molar-refractivity contribution in [3.8, 4) is 0 Å². The van der Waals surface area contributed by atoms with Crippen molar-refractivity contribution in [3.05, 3.63) is 59.4 Å². The lowest BCUT2D eigenvalue weighted by atomic mass is 10.3. The second-order valence-electron chi connectivity index (χ2n) is 5.05. The first-order chi connectivity index (χ1) is 11.4. The summed E-state index contributed by atoms with van der Waals surface area (Å²) in [6.07, 6.45) is 0. The first kappa shape index (κ1) is 18.3. The third-order valence-electron chi connectivity index (χ3n) is 3.11. The Morgan fingerprint density at radius 1 is 1.12 bits per heavy atom. The molecule has 0 saturated carbocycles. The molecule has 7 heteroatoms. The van der Waals surface area contributed by atoms with Gasteiger partial charge in [-0.05, 0) is 48.5 Å². The molecule has 2 aromatic rings. The van der Waals surface area contributed by atoms with Gasteiger partial charge in [-0.15, -0.1) is 11.8 Å². The van der Waals surface area contributed by atoms with E-state index in [2.05, 4.69) is 5.32 Å². The van der Waals surface area contributed by atoms with Crippen LogP contribution in [0.25, 0.3) is 0 Å². The summed E-state index contributed by atoms with van der Waals surface area (Å²) in [5.41, 5.74) is 0.484. The van der Waals surface area contributed by atoms with Gasteiger partial charge in [0.1, 0.15) is 5.82 Å². The summed E-state index contributed by atoms with van der Waals surface area (Å²) in [5, 5.41) is 3.25. The van der Waals surface area contributed by atoms with Crippen LogP contribution in [0.3, 0.4) is 0 Å². The van der Waals surface area contributed by atoms with Crippen molar-refractivity contribution in [2.24, 2.45) is 0 Å². The maximum atomic E-state index is 12.8. The molecular formula is C17H16ClFN2O2S. The molecule has 0 fully saturated rings. The number of hydrogen-bond donors (Lipinski definition) is 1. The normalized spacial score (nSPS) is 10.3. The fourth-order valence-corrected chi connectivity index (χ4v) is 2.79. The number of nitrogens with zero attached hydrogens (tertiary/aromatic N) is 1. The molecule has 0 atom stereocenters. The summed E-state index contributed by atoms with van der Waals surface area (Å²) in [6, 6.07) is 12.6. The van der Waals surface area contributed by atoms with Crippen LogP contribution in [-0.2, 0) is 9.59 Å². The Hall–Kier alpha value is -2.05. The number of halogens is 2. The number of carbonyl (C=O) groups is 2. The van der Waals surface area contributed by atoms with Gasteiger partial charge in [-0.2, -0.15) is 0 Å². The predicted molar refractivity (Wildman–Crippen MR) is 94.8 cm³/mol. The Morgan fingerprint density at radius 3 is 2.38 bits per heavy atom. The Labute approximate surface area is 149 Å². The maximum absolute atomic E-state index is 12.8. The molecule has 1 N–H and O–H groups in total. The summed E-state index contributed by atoms with van der Waals surface area (Å²) in [6.45, 7) is -0.0720. The van der Waals surface area contributed by atoms with Crippen molar-refractivity contribution in [3.63, 3.8) is 0 Å². The Morgan fingerprint density at radius 2 is 1.75 bits per heavy atom. The van der Waals surface area contributed by atoms with Crippen LogP contribution in [0.1, 0.15) is 0 Å². The zero-order valence-corrected chi connectivity index (χ0v) is 14.5. The fraction of sp³-hybridized carbons (Fsp3) is 0.176. The van der Waals surface area contributed by atoms with Gasteiger partial charge in [0.15, 0.2) is 0 Å². The smallest absolute Gasteiger partial charge is 0.243 e. The molecule has 0 radical (unpaired) electrons. The van der Waals surface area contributed by atoms with Gasteiger partial charge in [-0.3, -0.25) is 9.59 Å². The van der Waals surface area contributed by atoms with Crippen LogP contribution in [0, 0.1) is 5.82 Å². The second-order valence-corrected chi connectivity index (χ2v) is 6.53. The van der Waals surface area contributed by atoms with E-state index in [1.165, 1.54) is 40.9 Å². The lowest BCUT2D eigenvalue weighted by Crippen LogP contribution is -2.35. The number of amides is 2. The van der Waals surface area contributed by atoms with Crippen molar-refractivity contribution < 1.29 is 14.0 Å². The molecule has 0 spiro atoms. The first-order valence-corrected chi connectivity index (χ1v) is 8.48. The van der Waals surface area contributed by atoms with E-state index in [4.69, 9.17) is 11.6 Å². The molecule has 0 bridgehead atoms. The third-order valence-corrected chi connectivity index (χ3v) is 4.36. The summed E-state index contributed by atoms with van der Waals surface area (Å²) in [7, 11) is 1.56. The van der Waals surface area contributed by atoms with Gasteiger partial charge < -0.3 is 10.2 Å². The number of hydrogen-bond acceptors (Lipinski definition) is 3. The van der Waals surface area contributed by atoms with E-state index in [0.717, 1.165) is 4.90 Å².